The smallest absolute Gasteiger partial charge is 0.545 e. The number of carbonyl (C=O) groups excluding carboxylic acids is 1. The first-order valence-corrected chi connectivity index (χ1v) is 5.73. The number of aromatic carboxylic acids is 1. The molecule has 0 atom stereocenters. The molecule has 0 saturated heterocycles. The van der Waals surface area contributed by atoms with E-state index in [-0.39, 0.29) is 70.4 Å². The third-order valence-corrected chi connectivity index (χ3v) is 2.07. The van der Waals surface area contributed by atoms with Crippen molar-refractivity contribution in [3.63, 3.8) is 0 Å². The van der Waals surface area contributed by atoms with Gasteiger partial charge in [0, 0.05) is 16.4 Å². The van der Waals surface area contributed by atoms with Gasteiger partial charge in [-0.2, -0.15) is 8.42 Å². The van der Waals surface area contributed by atoms with Crippen molar-refractivity contribution in [3.8, 4) is 0 Å². The Balaban J connectivity index is 0. The Labute approximate surface area is 142 Å². The zero-order valence-corrected chi connectivity index (χ0v) is 14.3. The molecule has 0 fully saturated rings. The average molecular weight is 281 g/mol. The Morgan fingerprint density at radius 1 is 1.19 bits per heavy atom. The summed E-state index contributed by atoms with van der Waals surface area (Å²) in [4.78, 5) is 10.3. The number of carbonyl (C=O) groups is 1. The van der Waals surface area contributed by atoms with Gasteiger partial charge in [-0.1, -0.05) is 12.1 Å². The van der Waals surface area contributed by atoms with Gasteiger partial charge in [0.05, 0.1) is 5.97 Å². The number of carboxylic acids is 1. The molecule has 9 heteroatoms. The molecule has 5 nitrogen and oxygen atoms in total. The number of rotatable bonds is 3. The zero-order chi connectivity index (χ0) is 10.8. The largest absolute Gasteiger partial charge is 1.00 e. The SMILES string of the molecule is O=C([O-])c1ccc(NS(=O)(=O)Cl)cc1.[Na+].[Na+]. The molecule has 76 valence electrons. The van der Waals surface area contributed by atoms with Crippen LogP contribution in [0.15, 0.2) is 24.3 Å². The molecule has 0 aromatic heterocycles. The second-order valence-corrected chi connectivity index (χ2v) is 4.70. The quantitative estimate of drug-likeness (QED) is 0.441. The number of halogens is 1. The molecule has 0 spiro atoms. The van der Waals surface area contributed by atoms with Crippen LogP contribution in [0.5, 0.6) is 0 Å². The minimum Gasteiger partial charge on any atom is -0.545 e. The van der Waals surface area contributed by atoms with E-state index in [1.165, 1.54) is 24.3 Å². The van der Waals surface area contributed by atoms with Crippen molar-refractivity contribution in [2.75, 3.05) is 4.72 Å². The molecule has 16 heavy (non-hydrogen) atoms. The van der Waals surface area contributed by atoms with E-state index in [1.54, 1.807) is 0 Å². The van der Waals surface area contributed by atoms with Crippen LogP contribution in [0.2, 0.25) is 0 Å². The summed E-state index contributed by atoms with van der Waals surface area (Å²) in [5.41, 5.74) is 0.146. The molecule has 0 amide bonds. The van der Waals surface area contributed by atoms with E-state index < -0.39 is 15.2 Å². The van der Waals surface area contributed by atoms with Crippen LogP contribution < -0.4 is 68.9 Å². The van der Waals surface area contributed by atoms with Crippen molar-refractivity contribution in [1.29, 1.82) is 0 Å². The zero-order valence-electron chi connectivity index (χ0n) is 8.73. The molecule has 1 rings (SSSR count). The Morgan fingerprint density at radius 2 is 1.62 bits per heavy atom. The fraction of sp³-hybridized carbons (Fsp3) is 0. The number of nitrogens with one attached hydrogen (secondary N) is 1. The van der Waals surface area contributed by atoms with Crippen LogP contribution in [0, 0.1) is 0 Å². The van der Waals surface area contributed by atoms with Gasteiger partial charge < -0.3 is 9.90 Å². The van der Waals surface area contributed by atoms with Gasteiger partial charge in [-0.15, -0.1) is 0 Å². The van der Waals surface area contributed by atoms with Crippen molar-refractivity contribution >= 4 is 31.6 Å². The van der Waals surface area contributed by atoms with Gasteiger partial charge in [0.15, 0.2) is 0 Å². The molecule has 0 aliphatic heterocycles. The molecule has 1 aromatic carbocycles. The Hall–Kier alpha value is 0.730. The molecule has 0 radical (unpaired) electrons. The van der Waals surface area contributed by atoms with E-state index in [4.69, 9.17) is 10.7 Å². The number of hydrogen-bond acceptors (Lipinski definition) is 4. The first-order chi connectivity index (χ1) is 6.38. The molecule has 1 aromatic rings. The maximum Gasteiger partial charge on any atom is 1.00 e. The van der Waals surface area contributed by atoms with Gasteiger partial charge in [0.1, 0.15) is 0 Å². The summed E-state index contributed by atoms with van der Waals surface area (Å²) in [6, 6.07) is 4.95. The predicted octanol–water partition coefficient (Wildman–Crippen LogP) is -6.05. The molecule has 0 heterocycles. The molecular weight excluding hydrogens is 276 g/mol. The number of anilines is 1. The molecule has 0 unspecified atom stereocenters. The van der Waals surface area contributed by atoms with Crippen molar-refractivity contribution in [3.05, 3.63) is 29.8 Å². The Morgan fingerprint density at radius 3 is 1.94 bits per heavy atom. The topological polar surface area (TPSA) is 86.3 Å². The monoisotopic (exact) mass is 280 g/mol. The summed E-state index contributed by atoms with van der Waals surface area (Å²) in [7, 11) is 1.05. The standard InChI is InChI=1S/C7H6ClNO4S.2Na/c8-14(12,13)9-6-3-1-5(2-4-6)7(10)11;;/h1-4,9H,(H,10,11);;/q;2*+1/p-1. The van der Waals surface area contributed by atoms with Gasteiger partial charge in [-0.25, -0.2) is 0 Å². The Bertz CT molecular complexity index is 448. The number of carboxylic acid groups (broad SMARTS) is 1. The first-order valence-electron chi connectivity index (χ1n) is 3.42. The first kappa shape index (κ1) is 19.1. The van der Waals surface area contributed by atoms with E-state index in [0.29, 0.717) is 0 Å². The maximum atomic E-state index is 10.5. The normalized spacial score (nSPS) is 9.56. The number of hydrogen-bond donors (Lipinski definition) is 1. The average Bonchev–Trinajstić information content (AvgIpc) is 2.02. The van der Waals surface area contributed by atoms with Gasteiger partial charge in [0.25, 0.3) is 0 Å². The van der Waals surface area contributed by atoms with E-state index in [0.717, 1.165) is 0 Å². The predicted molar refractivity (Wildman–Crippen MR) is 49.2 cm³/mol. The van der Waals surface area contributed by atoms with Crippen LogP contribution in [0.25, 0.3) is 0 Å². The van der Waals surface area contributed by atoms with E-state index in [9.17, 15) is 18.3 Å². The van der Waals surface area contributed by atoms with Crippen molar-refractivity contribution in [1.82, 2.24) is 0 Å². The van der Waals surface area contributed by atoms with E-state index in [1.807, 2.05) is 4.72 Å². The fourth-order valence-electron chi connectivity index (χ4n) is 0.815. The number of benzene rings is 1. The van der Waals surface area contributed by atoms with Crippen LogP contribution in [0.3, 0.4) is 0 Å². The van der Waals surface area contributed by atoms with E-state index in [2.05, 4.69) is 0 Å². The summed E-state index contributed by atoms with van der Waals surface area (Å²) < 4.78 is 23.1. The molecule has 0 aliphatic carbocycles. The van der Waals surface area contributed by atoms with Gasteiger partial charge in [-0.3, -0.25) is 4.72 Å². The van der Waals surface area contributed by atoms with Gasteiger partial charge in [-0.05, 0) is 17.7 Å². The molecule has 0 saturated carbocycles. The molecule has 0 bridgehead atoms. The molecule has 0 aliphatic rings. The second kappa shape index (κ2) is 7.94. The fourth-order valence-corrected chi connectivity index (χ4v) is 1.50. The summed E-state index contributed by atoms with van der Waals surface area (Å²) in [5.74, 6) is -1.33. The van der Waals surface area contributed by atoms with Gasteiger partial charge >= 0.3 is 68.4 Å². The second-order valence-electron chi connectivity index (χ2n) is 2.40. The third-order valence-electron chi connectivity index (χ3n) is 1.36. The third kappa shape index (κ3) is 7.13. The van der Waals surface area contributed by atoms with Crippen molar-refractivity contribution in [2.24, 2.45) is 0 Å². The summed E-state index contributed by atoms with van der Waals surface area (Å²) in [5, 5.41) is 10.3. The Kier molecular flexibility index (Phi) is 9.47. The summed E-state index contributed by atoms with van der Waals surface area (Å²) >= 11 is 0. The van der Waals surface area contributed by atoms with E-state index >= 15 is 0 Å². The van der Waals surface area contributed by atoms with Crippen molar-refractivity contribution < 1.29 is 77.4 Å². The summed E-state index contributed by atoms with van der Waals surface area (Å²) in [6.07, 6.45) is 0. The minimum absolute atomic E-state index is 0. The maximum absolute atomic E-state index is 10.5. The van der Waals surface area contributed by atoms with Crippen LogP contribution in [0.4, 0.5) is 5.69 Å². The van der Waals surface area contributed by atoms with Crippen LogP contribution in [-0.2, 0) is 9.24 Å². The van der Waals surface area contributed by atoms with Crippen molar-refractivity contribution in [2.45, 2.75) is 0 Å². The van der Waals surface area contributed by atoms with Crippen LogP contribution >= 0.6 is 10.7 Å². The van der Waals surface area contributed by atoms with Crippen LogP contribution in [0.1, 0.15) is 10.4 Å². The van der Waals surface area contributed by atoms with Gasteiger partial charge in [0.2, 0.25) is 0 Å². The minimum atomic E-state index is -3.85. The summed E-state index contributed by atoms with van der Waals surface area (Å²) in [6.45, 7) is 0. The molecular formula is C7H5ClNNa2O4S+. The molecule has 1 N–H and O–H groups in total. The van der Waals surface area contributed by atoms with Crippen LogP contribution in [-0.4, -0.2) is 14.4 Å².